The molecule has 10 nitrogen and oxygen atoms in total. The number of ether oxygens (including phenoxy) is 2. The Kier molecular flexibility index (Phi) is 7.31. The monoisotopic (exact) mass is 488 g/mol. The smallest absolute Gasteiger partial charge is 0.295 e. The largest absolute Gasteiger partial charge is 0.497 e. The van der Waals surface area contributed by atoms with Crippen LogP contribution in [0.5, 0.6) is 11.5 Å². The van der Waals surface area contributed by atoms with Gasteiger partial charge in [0.15, 0.2) is 0 Å². The summed E-state index contributed by atoms with van der Waals surface area (Å²) in [6.07, 6.45) is 0. The predicted octanol–water partition coefficient (Wildman–Crippen LogP) is 4.39. The van der Waals surface area contributed by atoms with Gasteiger partial charge in [-0.15, -0.1) is 0 Å². The van der Waals surface area contributed by atoms with E-state index in [4.69, 9.17) is 9.47 Å². The first-order valence-electron chi connectivity index (χ1n) is 9.74. The highest BCUT2D eigenvalue weighted by molar-refractivity contribution is 7.92. The average molecular weight is 488 g/mol. The van der Waals surface area contributed by atoms with Gasteiger partial charge in [-0.1, -0.05) is 0 Å². The van der Waals surface area contributed by atoms with E-state index in [0.717, 1.165) is 6.07 Å². The van der Waals surface area contributed by atoms with Crippen molar-refractivity contribution in [2.24, 2.45) is 5.10 Å². The normalized spacial score (nSPS) is 11.6. The number of sulfonamides is 1. The van der Waals surface area contributed by atoms with Crippen molar-refractivity contribution in [3.8, 4) is 11.5 Å². The van der Waals surface area contributed by atoms with Gasteiger partial charge in [0.2, 0.25) is 0 Å². The SMILES string of the molecule is COc1ccc(NS(=O)(=O)c2ccc(NN=C(C)c3ccc(OC)cc3F)c([N+](=O)[O-])c2)cc1. The second-order valence-corrected chi connectivity index (χ2v) is 8.61. The number of hydrazone groups is 1. The Labute approximate surface area is 195 Å². The first kappa shape index (κ1) is 24.5. The van der Waals surface area contributed by atoms with Gasteiger partial charge in [-0.2, -0.15) is 5.10 Å². The summed E-state index contributed by atoms with van der Waals surface area (Å²) < 4.78 is 52.0. The number of nitro benzene ring substituents is 1. The summed E-state index contributed by atoms with van der Waals surface area (Å²) in [4.78, 5) is 10.5. The number of methoxy groups -OCH3 is 2. The summed E-state index contributed by atoms with van der Waals surface area (Å²) in [5.41, 5.74) is 2.55. The van der Waals surface area contributed by atoms with Gasteiger partial charge in [0.25, 0.3) is 15.7 Å². The lowest BCUT2D eigenvalue weighted by Crippen LogP contribution is -2.13. The molecule has 0 heterocycles. The molecule has 0 atom stereocenters. The van der Waals surface area contributed by atoms with Crippen molar-refractivity contribution in [1.82, 2.24) is 0 Å². The Morgan fingerprint density at radius 1 is 1.00 bits per heavy atom. The molecule has 0 aliphatic rings. The van der Waals surface area contributed by atoms with Crippen molar-refractivity contribution in [3.05, 3.63) is 82.2 Å². The third-order valence-corrected chi connectivity index (χ3v) is 6.11. The van der Waals surface area contributed by atoms with Crippen LogP contribution in [0.15, 0.2) is 70.7 Å². The van der Waals surface area contributed by atoms with E-state index in [1.807, 2.05) is 0 Å². The lowest BCUT2D eigenvalue weighted by Gasteiger charge is -2.10. The van der Waals surface area contributed by atoms with Crippen LogP contribution in [0, 0.1) is 15.9 Å². The van der Waals surface area contributed by atoms with Crippen LogP contribution in [0.4, 0.5) is 21.5 Å². The molecule has 0 amide bonds. The van der Waals surface area contributed by atoms with Crippen molar-refractivity contribution in [3.63, 3.8) is 0 Å². The summed E-state index contributed by atoms with van der Waals surface area (Å²) in [6, 6.07) is 13.6. The Bertz CT molecular complexity index is 1340. The molecule has 0 saturated carbocycles. The Balaban J connectivity index is 1.86. The highest BCUT2D eigenvalue weighted by atomic mass is 32.2. The van der Waals surface area contributed by atoms with Gasteiger partial charge < -0.3 is 9.47 Å². The van der Waals surface area contributed by atoms with Crippen LogP contribution >= 0.6 is 0 Å². The maximum Gasteiger partial charge on any atom is 0.295 e. The van der Waals surface area contributed by atoms with Gasteiger partial charge in [-0.25, -0.2) is 12.8 Å². The third kappa shape index (κ3) is 5.59. The van der Waals surface area contributed by atoms with E-state index in [2.05, 4.69) is 15.2 Å². The minimum atomic E-state index is -4.11. The first-order chi connectivity index (χ1) is 16.1. The van der Waals surface area contributed by atoms with Crippen molar-refractivity contribution < 1.29 is 27.2 Å². The Morgan fingerprint density at radius 3 is 2.24 bits per heavy atom. The number of rotatable bonds is 9. The van der Waals surface area contributed by atoms with Gasteiger partial charge in [0.1, 0.15) is 23.0 Å². The summed E-state index contributed by atoms with van der Waals surface area (Å²) >= 11 is 0. The maximum absolute atomic E-state index is 14.2. The highest BCUT2D eigenvalue weighted by Gasteiger charge is 2.22. The molecular weight excluding hydrogens is 467 g/mol. The summed E-state index contributed by atoms with van der Waals surface area (Å²) in [6.45, 7) is 1.52. The van der Waals surface area contributed by atoms with Crippen molar-refractivity contribution >= 4 is 32.8 Å². The van der Waals surface area contributed by atoms with E-state index >= 15 is 0 Å². The Morgan fingerprint density at radius 2 is 1.65 bits per heavy atom. The van der Waals surface area contributed by atoms with Crippen molar-refractivity contribution in [1.29, 1.82) is 0 Å². The molecule has 3 aromatic carbocycles. The molecule has 0 aliphatic heterocycles. The van der Waals surface area contributed by atoms with Gasteiger partial charge in [-0.05, 0) is 55.5 Å². The average Bonchev–Trinajstić information content (AvgIpc) is 2.82. The second-order valence-electron chi connectivity index (χ2n) is 6.92. The fourth-order valence-corrected chi connectivity index (χ4v) is 4.00. The summed E-state index contributed by atoms with van der Waals surface area (Å²) in [7, 11) is -1.22. The molecule has 0 radical (unpaired) electrons. The first-order valence-corrected chi connectivity index (χ1v) is 11.2. The fourth-order valence-electron chi connectivity index (χ4n) is 2.92. The molecule has 3 aromatic rings. The van der Waals surface area contributed by atoms with Crippen molar-refractivity contribution in [2.75, 3.05) is 24.4 Å². The molecule has 0 bridgehead atoms. The van der Waals surface area contributed by atoms with Gasteiger partial charge in [0, 0.05) is 23.4 Å². The molecule has 0 fully saturated rings. The van der Waals surface area contributed by atoms with Crippen LogP contribution in [0.1, 0.15) is 12.5 Å². The zero-order valence-corrected chi connectivity index (χ0v) is 19.2. The number of hydrogen-bond acceptors (Lipinski definition) is 8. The van der Waals surface area contributed by atoms with Gasteiger partial charge in [0.05, 0.1) is 29.8 Å². The Hall–Kier alpha value is -4.19. The van der Waals surface area contributed by atoms with E-state index in [-0.39, 0.29) is 27.5 Å². The van der Waals surface area contributed by atoms with Gasteiger partial charge in [-0.3, -0.25) is 20.3 Å². The number of benzene rings is 3. The molecule has 0 unspecified atom stereocenters. The van der Waals surface area contributed by atoms with E-state index in [0.29, 0.717) is 11.5 Å². The van der Waals surface area contributed by atoms with E-state index in [1.165, 1.54) is 57.5 Å². The fraction of sp³-hybridized carbons (Fsp3) is 0.136. The van der Waals surface area contributed by atoms with Crippen LogP contribution < -0.4 is 19.6 Å². The lowest BCUT2D eigenvalue weighted by atomic mass is 10.1. The van der Waals surface area contributed by atoms with Crippen LogP contribution in [-0.2, 0) is 10.0 Å². The van der Waals surface area contributed by atoms with Crippen LogP contribution in [0.25, 0.3) is 0 Å². The zero-order chi connectivity index (χ0) is 24.9. The minimum absolute atomic E-state index is 0.0679. The van der Waals surface area contributed by atoms with Gasteiger partial charge >= 0.3 is 0 Å². The number of hydrogen-bond donors (Lipinski definition) is 2. The molecule has 0 aromatic heterocycles. The molecule has 0 spiro atoms. The van der Waals surface area contributed by atoms with Crippen LogP contribution in [-0.4, -0.2) is 33.3 Å². The molecule has 178 valence electrons. The summed E-state index contributed by atoms with van der Waals surface area (Å²) in [5, 5.41) is 15.6. The maximum atomic E-state index is 14.2. The molecule has 0 saturated heterocycles. The van der Waals surface area contributed by atoms with Crippen LogP contribution in [0.2, 0.25) is 0 Å². The number of nitro groups is 1. The van der Waals surface area contributed by atoms with E-state index < -0.39 is 26.5 Å². The summed E-state index contributed by atoms with van der Waals surface area (Å²) in [5.74, 6) is 0.292. The molecule has 34 heavy (non-hydrogen) atoms. The zero-order valence-electron chi connectivity index (χ0n) is 18.4. The van der Waals surface area contributed by atoms with Crippen molar-refractivity contribution in [2.45, 2.75) is 11.8 Å². The lowest BCUT2D eigenvalue weighted by molar-refractivity contribution is -0.384. The molecule has 3 rings (SSSR count). The van der Waals surface area contributed by atoms with E-state index in [1.54, 1.807) is 18.2 Å². The predicted molar refractivity (Wildman–Crippen MR) is 126 cm³/mol. The number of halogens is 1. The molecular formula is C22H21FN4O6S. The number of nitrogens with one attached hydrogen (secondary N) is 2. The molecule has 12 heteroatoms. The van der Waals surface area contributed by atoms with Crippen LogP contribution in [0.3, 0.4) is 0 Å². The topological polar surface area (TPSA) is 132 Å². The molecule has 0 aliphatic carbocycles. The third-order valence-electron chi connectivity index (χ3n) is 4.73. The quantitative estimate of drug-likeness (QED) is 0.259. The standard InChI is InChI=1S/C22H21FN4O6S/c1-14(19-10-8-17(33-3)12-20(19)23)24-25-21-11-9-18(13-22(21)27(28)29)34(30,31)26-15-4-6-16(32-2)7-5-15/h4-13,25-26H,1-3H3. The highest BCUT2D eigenvalue weighted by Crippen LogP contribution is 2.29. The number of nitrogens with zero attached hydrogens (tertiary/aromatic N) is 2. The number of anilines is 2. The molecule has 2 N–H and O–H groups in total. The minimum Gasteiger partial charge on any atom is -0.497 e. The van der Waals surface area contributed by atoms with E-state index in [9.17, 15) is 22.9 Å². The second kappa shape index (κ2) is 10.2.